The van der Waals surface area contributed by atoms with Gasteiger partial charge in [0.25, 0.3) is 11.6 Å². The molecule has 2 aliphatic rings. The molecule has 0 aromatic heterocycles. The topological polar surface area (TPSA) is 92.7 Å². The number of carbonyl (C=O) groups excluding carboxylic acids is 1. The smallest absolute Gasteiger partial charge is 0.293 e. The zero-order valence-corrected chi connectivity index (χ0v) is 12.4. The van der Waals surface area contributed by atoms with E-state index in [9.17, 15) is 14.9 Å². The van der Waals surface area contributed by atoms with Crippen molar-refractivity contribution >= 4 is 17.3 Å². The van der Waals surface area contributed by atoms with Gasteiger partial charge in [0.1, 0.15) is 5.69 Å². The van der Waals surface area contributed by atoms with E-state index in [1.54, 1.807) is 17.0 Å². The highest BCUT2D eigenvalue weighted by Crippen LogP contribution is 2.32. The summed E-state index contributed by atoms with van der Waals surface area (Å²) >= 11 is 0. The molecule has 1 atom stereocenters. The Labute approximate surface area is 128 Å². The zero-order chi connectivity index (χ0) is 15.7. The van der Waals surface area contributed by atoms with Gasteiger partial charge in [-0.3, -0.25) is 14.9 Å². The van der Waals surface area contributed by atoms with Crippen LogP contribution in [0.1, 0.15) is 29.6 Å². The van der Waals surface area contributed by atoms with E-state index in [0.717, 1.165) is 32.4 Å². The Hall–Kier alpha value is -2.15. The van der Waals surface area contributed by atoms with Gasteiger partial charge in [-0.2, -0.15) is 0 Å². The number of rotatable bonds is 3. The number of hydrogen-bond acceptors (Lipinski definition) is 5. The van der Waals surface area contributed by atoms with Gasteiger partial charge in [-0.05, 0) is 31.4 Å². The highest BCUT2D eigenvalue weighted by Gasteiger charge is 2.28. The van der Waals surface area contributed by atoms with E-state index in [1.165, 1.54) is 6.07 Å². The van der Waals surface area contributed by atoms with E-state index in [2.05, 4.69) is 0 Å². The van der Waals surface area contributed by atoms with Gasteiger partial charge in [0, 0.05) is 43.9 Å². The van der Waals surface area contributed by atoms with Gasteiger partial charge >= 0.3 is 0 Å². The van der Waals surface area contributed by atoms with Crippen LogP contribution >= 0.6 is 0 Å². The lowest BCUT2D eigenvalue weighted by molar-refractivity contribution is -0.384. The van der Waals surface area contributed by atoms with Gasteiger partial charge in [-0.25, -0.2) is 0 Å². The van der Waals surface area contributed by atoms with Gasteiger partial charge in [0.05, 0.1) is 4.92 Å². The molecular weight excluding hydrogens is 284 g/mol. The van der Waals surface area contributed by atoms with Gasteiger partial charge in [-0.1, -0.05) is 0 Å². The first-order chi connectivity index (χ1) is 10.6. The number of likely N-dealkylation sites (tertiary alicyclic amines) is 1. The van der Waals surface area contributed by atoms with Crippen LogP contribution in [0.25, 0.3) is 0 Å². The fourth-order valence-corrected chi connectivity index (χ4v) is 3.18. The number of nitro groups is 1. The second-order valence-corrected chi connectivity index (χ2v) is 5.95. The van der Waals surface area contributed by atoms with Crippen LogP contribution in [0.2, 0.25) is 0 Å². The second-order valence-electron chi connectivity index (χ2n) is 5.95. The van der Waals surface area contributed by atoms with Crippen LogP contribution in [-0.4, -0.2) is 48.0 Å². The molecule has 7 nitrogen and oxygen atoms in total. The van der Waals surface area contributed by atoms with Crippen molar-refractivity contribution in [3.63, 3.8) is 0 Å². The average Bonchev–Trinajstić information content (AvgIpc) is 3.17. The number of nitrogens with zero attached hydrogens (tertiary/aromatic N) is 3. The second kappa shape index (κ2) is 5.92. The van der Waals surface area contributed by atoms with Gasteiger partial charge in [-0.15, -0.1) is 0 Å². The van der Waals surface area contributed by atoms with Crippen molar-refractivity contribution in [1.29, 1.82) is 0 Å². The molecule has 0 radical (unpaired) electrons. The number of amides is 1. The van der Waals surface area contributed by atoms with Crippen molar-refractivity contribution in [2.24, 2.45) is 5.73 Å². The lowest BCUT2D eigenvalue weighted by atomic mass is 10.1. The summed E-state index contributed by atoms with van der Waals surface area (Å²) in [5.74, 6) is -0.177. The Morgan fingerprint density at radius 3 is 2.59 bits per heavy atom. The first kappa shape index (κ1) is 14.8. The number of hydrogen-bond donors (Lipinski definition) is 1. The molecule has 0 bridgehead atoms. The molecule has 7 heteroatoms. The van der Waals surface area contributed by atoms with Crippen molar-refractivity contribution in [1.82, 2.24) is 4.90 Å². The molecule has 22 heavy (non-hydrogen) atoms. The van der Waals surface area contributed by atoms with E-state index in [1.807, 2.05) is 4.90 Å². The Bertz CT molecular complexity index is 598. The van der Waals surface area contributed by atoms with Crippen LogP contribution in [0.4, 0.5) is 11.4 Å². The molecule has 1 amide bonds. The molecule has 3 rings (SSSR count). The van der Waals surface area contributed by atoms with Crippen molar-refractivity contribution in [3.8, 4) is 0 Å². The molecule has 2 heterocycles. The van der Waals surface area contributed by atoms with E-state index in [4.69, 9.17) is 5.73 Å². The predicted octanol–water partition coefficient (Wildman–Crippen LogP) is 1.37. The maximum absolute atomic E-state index is 12.4. The minimum atomic E-state index is -0.403. The Morgan fingerprint density at radius 2 is 2.00 bits per heavy atom. The summed E-state index contributed by atoms with van der Waals surface area (Å²) in [6.45, 7) is 2.78. The van der Waals surface area contributed by atoms with Gasteiger partial charge < -0.3 is 15.5 Å². The van der Waals surface area contributed by atoms with Crippen LogP contribution in [0.3, 0.4) is 0 Å². The zero-order valence-electron chi connectivity index (χ0n) is 12.4. The van der Waals surface area contributed by atoms with Crippen molar-refractivity contribution < 1.29 is 9.72 Å². The third-order valence-corrected chi connectivity index (χ3v) is 4.38. The van der Waals surface area contributed by atoms with E-state index in [0.29, 0.717) is 24.3 Å². The molecule has 2 fully saturated rings. The number of benzene rings is 1. The largest absolute Gasteiger partial charge is 0.366 e. The molecule has 1 aromatic carbocycles. The Balaban J connectivity index is 1.88. The number of carbonyl (C=O) groups is 1. The summed E-state index contributed by atoms with van der Waals surface area (Å²) in [4.78, 5) is 27.1. The molecule has 1 aromatic rings. The van der Waals surface area contributed by atoms with Crippen molar-refractivity contribution in [3.05, 3.63) is 33.9 Å². The number of nitrogens with two attached hydrogens (primary N) is 1. The third-order valence-electron chi connectivity index (χ3n) is 4.38. The molecular formula is C15H20N4O3. The predicted molar refractivity (Wildman–Crippen MR) is 83.0 cm³/mol. The maximum atomic E-state index is 12.4. The Morgan fingerprint density at radius 1 is 1.27 bits per heavy atom. The summed E-state index contributed by atoms with van der Waals surface area (Å²) in [7, 11) is 0. The first-order valence-corrected chi connectivity index (χ1v) is 7.64. The molecule has 0 unspecified atom stereocenters. The fourth-order valence-electron chi connectivity index (χ4n) is 3.18. The maximum Gasteiger partial charge on any atom is 0.293 e. The SMILES string of the molecule is N[C@@H]1CCN(C(=O)c2ccc(N3CCCC3)c([N+](=O)[O-])c2)C1. The molecule has 2 aliphatic heterocycles. The van der Waals surface area contributed by atoms with E-state index < -0.39 is 4.92 Å². The molecule has 0 spiro atoms. The van der Waals surface area contributed by atoms with E-state index in [-0.39, 0.29) is 17.6 Å². The monoisotopic (exact) mass is 304 g/mol. The van der Waals surface area contributed by atoms with Crippen LogP contribution in [0, 0.1) is 10.1 Å². The fraction of sp³-hybridized carbons (Fsp3) is 0.533. The van der Waals surface area contributed by atoms with Gasteiger partial charge in [0.15, 0.2) is 0 Å². The highest BCUT2D eigenvalue weighted by molar-refractivity contribution is 5.96. The molecule has 118 valence electrons. The minimum absolute atomic E-state index is 0.00260. The lowest BCUT2D eigenvalue weighted by Gasteiger charge is -2.19. The number of anilines is 1. The third kappa shape index (κ3) is 2.76. The first-order valence-electron chi connectivity index (χ1n) is 7.64. The quantitative estimate of drug-likeness (QED) is 0.672. The number of nitro benzene ring substituents is 1. The molecule has 2 N–H and O–H groups in total. The molecule has 2 saturated heterocycles. The normalized spacial score (nSPS) is 21.4. The van der Waals surface area contributed by atoms with Crippen LogP contribution in [0.15, 0.2) is 18.2 Å². The Kier molecular flexibility index (Phi) is 3.98. The summed E-state index contributed by atoms with van der Waals surface area (Å²) < 4.78 is 0. The van der Waals surface area contributed by atoms with Crippen LogP contribution in [-0.2, 0) is 0 Å². The minimum Gasteiger partial charge on any atom is -0.366 e. The summed E-state index contributed by atoms with van der Waals surface area (Å²) in [5, 5.41) is 11.4. The average molecular weight is 304 g/mol. The van der Waals surface area contributed by atoms with E-state index >= 15 is 0 Å². The van der Waals surface area contributed by atoms with Crippen molar-refractivity contribution in [2.75, 3.05) is 31.1 Å². The standard InChI is InChI=1S/C15H20N4O3/c16-12-5-8-18(10-12)15(20)11-3-4-13(14(9-11)19(21)22)17-6-1-2-7-17/h3-4,9,12H,1-2,5-8,10,16H2/t12-/m1/s1. The lowest BCUT2D eigenvalue weighted by Crippen LogP contribution is -2.32. The highest BCUT2D eigenvalue weighted by atomic mass is 16.6. The summed E-state index contributed by atoms with van der Waals surface area (Å²) in [6, 6.07) is 4.79. The van der Waals surface area contributed by atoms with Gasteiger partial charge in [0.2, 0.25) is 0 Å². The molecule has 0 saturated carbocycles. The summed E-state index contributed by atoms with van der Waals surface area (Å²) in [6.07, 6.45) is 2.87. The van der Waals surface area contributed by atoms with Crippen LogP contribution in [0.5, 0.6) is 0 Å². The summed E-state index contributed by atoms with van der Waals surface area (Å²) in [5.41, 5.74) is 6.80. The van der Waals surface area contributed by atoms with Crippen molar-refractivity contribution in [2.45, 2.75) is 25.3 Å². The molecule has 0 aliphatic carbocycles. The van der Waals surface area contributed by atoms with Crippen LogP contribution < -0.4 is 10.6 Å².